The molecule has 0 aromatic heterocycles. The number of piperidine rings is 1. The van der Waals surface area contributed by atoms with Gasteiger partial charge in [-0.2, -0.15) is 0 Å². The van der Waals surface area contributed by atoms with Crippen LogP contribution in [0.1, 0.15) is 51.9 Å². The predicted octanol–water partition coefficient (Wildman–Crippen LogP) is 0.855. The Labute approximate surface area is 128 Å². The lowest BCUT2D eigenvalue weighted by Gasteiger charge is -2.39. The number of primary amides is 1. The Morgan fingerprint density at radius 1 is 1.33 bits per heavy atom. The fourth-order valence-electron chi connectivity index (χ4n) is 3.92. The maximum atomic E-state index is 11.2. The molecule has 5 heteroatoms. The molecule has 21 heavy (non-hydrogen) atoms. The van der Waals surface area contributed by atoms with Crippen molar-refractivity contribution < 1.29 is 9.90 Å². The number of nitrogens with two attached hydrogens (primary N) is 1. The second kappa shape index (κ2) is 8.11. The van der Waals surface area contributed by atoms with E-state index in [2.05, 4.69) is 10.2 Å². The summed E-state index contributed by atoms with van der Waals surface area (Å²) in [4.78, 5) is 13.4. The van der Waals surface area contributed by atoms with Crippen LogP contribution in [0.5, 0.6) is 0 Å². The lowest BCUT2D eigenvalue weighted by molar-refractivity contribution is -0.119. The SMILES string of the molecule is CCC(O)CC1CC(NC2CCCC2)CN(CC(N)=O)C1. The van der Waals surface area contributed by atoms with Crippen molar-refractivity contribution in [1.82, 2.24) is 10.2 Å². The van der Waals surface area contributed by atoms with E-state index in [1.165, 1.54) is 25.7 Å². The smallest absolute Gasteiger partial charge is 0.231 e. The summed E-state index contributed by atoms with van der Waals surface area (Å²) in [5.41, 5.74) is 5.35. The number of carbonyl (C=O) groups excluding carboxylic acids is 1. The third kappa shape index (κ3) is 5.57. The van der Waals surface area contributed by atoms with Crippen LogP contribution >= 0.6 is 0 Å². The quantitative estimate of drug-likeness (QED) is 0.651. The maximum Gasteiger partial charge on any atom is 0.231 e. The fraction of sp³-hybridized carbons (Fsp3) is 0.938. The second-order valence-electron chi connectivity index (χ2n) is 6.90. The molecule has 2 rings (SSSR count). The summed E-state index contributed by atoms with van der Waals surface area (Å²) in [6.45, 7) is 4.13. The first-order valence-corrected chi connectivity index (χ1v) is 8.51. The average Bonchev–Trinajstić information content (AvgIpc) is 2.90. The summed E-state index contributed by atoms with van der Waals surface area (Å²) >= 11 is 0. The molecular formula is C16H31N3O2. The van der Waals surface area contributed by atoms with Crippen LogP contribution in [0.25, 0.3) is 0 Å². The zero-order chi connectivity index (χ0) is 15.2. The van der Waals surface area contributed by atoms with Gasteiger partial charge in [-0.05, 0) is 38.0 Å². The molecule has 2 fully saturated rings. The number of aliphatic hydroxyl groups excluding tert-OH is 1. The van der Waals surface area contributed by atoms with Crippen molar-refractivity contribution in [2.24, 2.45) is 11.7 Å². The van der Waals surface area contributed by atoms with E-state index in [1.807, 2.05) is 6.92 Å². The van der Waals surface area contributed by atoms with Crippen molar-refractivity contribution >= 4 is 5.91 Å². The van der Waals surface area contributed by atoms with E-state index in [0.29, 0.717) is 24.5 Å². The Kier molecular flexibility index (Phi) is 6.45. The number of nitrogens with zero attached hydrogens (tertiary/aromatic N) is 1. The van der Waals surface area contributed by atoms with E-state index in [0.717, 1.165) is 32.4 Å². The molecule has 1 saturated heterocycles. The zero-order valence-corrected chi connectivity index (χ0v) is 13.3. The van der Waals surface area contributed by atoms with Crippen LogP contribution in [0.15, 0.2) is 0 Å². The maximum absolute atomic E-state index is 11.2. The number of hydrogen-bond acceptors (Lipinski definition) is 4. The number of carbonyl (C=O) groups is 1. The normalized spacial score (nSPS) is 29.6. The Hall–Kier alpha value is -0.650. The number of rotatable bonds is 7. The van der Waals surface area contributed by atoms with Gasteiger partial charge < -0.3 is 16.2 Å². The standard InChI is InChI=1S/C16H31N3O2/c1-2-15(20)8-12-7-14(18-13-5-3-4-6-13)10-19(9-12)11-16(17)21/h12-15,18,20H,2-11H2,1H3,(H2,17,21). The molecule has 5 nitrogen and oxygen atoms in total. The van der Waals surface area contributed by atoms with Gasteiger partial charge in [0.1, 0.15) is 0 Å². The topological polar surface area (TPSA) is 78.6 Å². The highest BCUT2D eigenvalue weighted by molar-refractivity contribution is 5.75. The van der Waals surface area contributed by atoms with Gasteiger partial charge in [-0.25, -0.2) is 0 Å². The van der Waals surface area contributed by atoms with Gasteiger partial charge in [0.05, 0.1) is 12.6 Å². The minimum atomic E-state index is -0.258. The van der Waals surface area contributed by atoms with Gasteiger partial charge >= 0.3 is 0 Å². The van der Waals surface area contributed by atoms with Gasteiger partial charge in [0.25, 0.3) is 0 Å². The van der Waals surface area contributed by atoms with Crippen molar-refractivity contribution in [3.05, 3.63) is 0 Å². The third-order valence-electron chi connectivity index (χ3n) is 4.90. The van der Waals surface area contributed by atoms with Gasteiger partial charge in [0, 0.05) is 25.2 Å². The number of aliphatic hydroxyl groups is 1. The first-order chi connectivity index (χ1) is 10.1. The molecular weight excluding hydrogens is 266 g/mol. The van der Waals surface area contributed by atoms with Gasteiger partial charge in [0.2, 0.25) is 5.91 Å². The Morgan fingerprint density at radius 3 is 2.67 bits per heavy atom. The van der Waals surface area contributed by atoms with Crippen molar-refractivity contribution in [1.29, 1.82) is 0 Å². The summed E-state index contributed by atoms with van der Waals surface area (Å²) in [5.74, 6) is 0.193. The molecule has 1 heterocycles. The first kappa shape index (κ1) is 16.7. The van der Waals surface area contributed by atoms with E-state index >= 15 is 0 Å². The van der Waals surface area contributed by atoms with Gasteiger partial charge in [-0.1, -0.05) is 19.8 Å². The summed E-state index contributed by atoms with van der Waals surface area (Å²) in [6.07, 6.45) is 7.70. The highest BCUT2D eigenvalue weighted by Crippen LogP contribution is 2.25. The van der Waals surface area contributed by atoms with Crippen LogP contribution in [0.3, 0.4) is 0 Å². The van der Waals surface area contributed by atoms with E-state index in [9.17, 15) is 9.90 Å². The average molecular weight is 297 g/mol. The molecule has 3 unspecified atom stereocenters. The molecule has 1 saturated carbocycles. The molecule has 0 aromatic rings. The Morgan fingerprint density at radius 2 is 2.05 bits per heavy atom. The minimum Gasteiger partial charge on any atom is -0.393 e. The van der Waals surface area contributed by atoms with Gasteiger partial charge in [-0.3, -0.25) is 9.69 Å². The van der Waals surface area contributed by atoms with Crippen molar-refractivity contribution in [2.45, 2.75) is 70.1 Å². The third-order valence-corrected chi connectivity index (χ3v) is 4.90. The Balaban J connectivity index is 1.90. The van der Waals surface area contributed by atoms with Crippen molar-refractivity contribution in [2.75, 3.05) is 19.6 Å². The lowest BCUT2D eigenvalue weighted by Crippen LogP contribution is -2.53. The van der Waals surface area contributed by atoms with Crippen molar-refractivity contribution in [3.8, 4) is 0 Å². The van der Waals surface area contributed by atoms with Crippen LogP contribution in [0.4, 0.5) is 0 Å². The zero-order valence-electron chi connectivity index (χ0n) is 13.3. The highest BCUT2D eigenvalue weighted by Gasteiger charge is 2.30. The van der Waals surface area contributed by atoms with E-state index in [1.54, 1.807) is 0 Å². The molecule has 0 bridgehead atoms. The second-order valence-corrected chi connectivity index (χ2v) is 6.90. The van der Waals surface area contributed by atoms with Crippen molar-refractivity contribution in [3.63, 3.8) is 0 Å². The van der Waals surface area contributed by atoms with Crippen LogP contribution in [-0.4, -0.2) is 53.7 Å². The number of hydrogen-bond donors (Lipinski definition) is 3. The van der Waals surface area contributed by atoms with E-state index in [-0.39, 0.29) is 12.0 Å². The summed E-state index contributed by atoms with van der Waals surface area (Å²) in [7, 11) is 0. The molecule has 1 aliphatic carbocycles. The van der Waals surface area contributed by atoms with Crippen LogP contribution in [-0.2, 0) is 4.79 Å². The summed E-state index contributed by atoms with van der Waals surface area (Å²) < 4.78 is 0. The van der Waals surface area contributed by atoms with Gasteiger partial charge in [-0.15, -0.1) is 0 Å². The van der Waals surface area contributed by atoms with Crippen LogP contribution in [0.2, 0.25) is 0 Å². The molecule has 1 amide bonds. The van der Waals surface area contributed by atoms with E-state index < -0.39 is 0 Å². The molecule has 4 N–H and O–H groups in total. The largest absolute Gasteiger partial charge is 0.393 e. The fourth-order valence-corrected chi connectivity index (χ4v) is 3.92. The molecule has 0 aromatic carbocycles. The van der Waals surface area contributed by atoms with Crippen LogP contribution < -0.4 is 11.1 Å². The van der Waals surface area contributed by atoms with Crippen LogP contribution in [0, 0.1) is 5.92 Å². The molecule has 0 radical (unpaired) electrons. The highest BCUT2D eigenvalue weighted by atomic mass is 16.3. The molecule has 0 spiro atoms. The minimum absolute atomic E-state index is 0.226. The molecule has 2 aliphatic rings. The summed E-state index contributed by atoms with van der Waals surface area (Å²) in [6, 6.07) is 1.07. The van der Waals surface area contributed by atoms with Gasteiger partial charge in [0.15, 0.2) is 0 Å². The monoisotopic (exact) mass is 297 g/mol. The molecule has 3 atom stereocenters. The number of amides is 1. The summed E-state index contributed by atoms with van der Waals surface area (Å²) in [5, 5.41) is 13.7. The van der Waals surface area contributed by atoms with E-state index in [4.69, 9.17) is 5.73 Å². The Bertz CT molecular complexity index is 331. The lowest BCUT2D eigenvalue weighted by atomic mass is 9.88. The predicted molar refractivity (Wildman–Crippen MR) is 83.8 cm³/mol. The first-order valence-electron chi connectivity index (χ1n) is 8.51. The number of nitrogens with one attached hydrogen (secondary N) is 1. The number of likely N-dealkylation sites (tertiary alicyclic amines) is 1. The molecule has 1 aliphatic heterocycles. The molecule has 122 valence electrons.